The number of hydrogen-bond donors (Lipinski definition) is 1. The normalized spacial score (nSPS) is 25.1. The highest BCUT2D eigenvalue weighted by Gasteiger charge is 2.44. The van der Waals surface area contributed by atoms with Gasteiger partial charge in [-0.25, -0.2) is 0 Å². The first-order valence-electron chi connectivity index (χ1n) is 12.0. The summed E-state index contributed by atoms with van der Waals surface area (Å²) in [5.41, 5.74) is 1.79. The van der Waals surface area contributed by atoms with Crippen LogP contribution >= 0.6 is 0 Å². The van der Waals surface area contributed by atoms with E-state index in [4.69, 9.17) is 4.74 Å². The van der Waals surface area contributed by atoms with Crippen LogP contribution in [-0.2, 0) is 15.5 Å². The summed E-state index contributed by atoms with van der Waals surface area (Å²) in [7, 11) is 1.39. The molecule has 1 aromatic carbocycles. The molecular weight excluding hydrogens is 547 g/mol. The first-order chi connectivity index (χ1) is 18.4. The molecule has 0 radical (unpaired) electrons. The maximum Gasteiger partial charge on any atom is 0.414 e. The highest BCUT2D eigenvalue weighted by Crippen LogP contribution is 2.38. The Morgan fingerprint density at radius 1 is 1.28 bits per heavy atom. The average Bonchev–Trinajstić information content (AvgIpc) is 3.26. The predicted octanol–water partition coefficient (Wildman–Crippen LogP) is 4.52. The SMILES string of the molecule is CNC1(C)CS(=O)C1.O=Cc1cnc2c(-c3cccc(OC(F)F)c3)nn(C3CCOC(C(F)(F)F)C3)c2c1. The van der Waals surface area contributed by atoms with Crippen molar-refractivity contribution < 1.29 is 40.4 Å². The fourth-order valence-electron chi connectivity index (χ4n) is 4.43. The number of aromatic nitrogens is 3. The Balaban J connectivity index is 0.000000379. The van der Waals surface area contributed by atoms with Gasteiger partial charge in [0.1, 0.15) is 17.0 Å². The number of nitrogens with zero attached hydrogens (tertiary/aromatic N) is 3. The molecule has 2 fully saturated rings. The summed E-state index contributed by atoms with van der Waals surface area (Å²) in [4.78, 5) is 15.5. The van der Waals surface area contributed by atoms with E-state index in [1.807, 2.05) is 7.05 Å². The summed E-state index contributed by atoms with van der Waals surface area (Å²) in [5, 5.41) is 7.58. The second-order valence-electron chi connectivity index (χ2n) is 9.57. The van der Waals surface area contributed by atoms with Crippen LogP contribution in [0.5, 0.6) is 5.75 Å². The number of carbonyl (C=O) groups is 1. The van der Waals surface area contributed by atoms with Crippen molar-refractivity contribution in [1.82, 2.24) is 20.1 Å². The number of ether oxygens (including phenoxy) is 2. The highest BCUT2D eigenvalue weighted by molar-refractivity contribution is 7.86. The molecule has 0 spiro atoms. The molecular formula is C25H27F5N4O4S. The number of benzene rings is 1. The first kappa shape index (κ1) is 29.0. The Kier molecular flexibility index (Phi) is 8.66. The monoisotopic (exact) mass is 574 g/mol. The van der Waals surface area contributed by atoms with Crippen LogP contribution in [-0.4, -0.2) is 74.9 Å². The highest BCUT2D eigenvalue weighted by atomic mass is 32.2. The Morgan fingerprint density at radius 3 is 2.62 bits per heavy atom. The quantitative estimate of drug-likeness (QED) is 0.342. The van der Waals surface area contributed by atoms with E-state index in [0.29, 0.717) is 22.9 Å². The van der Waals surface area contributed by atoms with Crippen LogP contribution in [0.2, 0.25) is 0 Å². The lowest BCUT2D eigenvalue weighted by molar-refractivity contribution is -0.234. The summed E-state index contributed by atoms with van der Waals surface area (Å²) < 4.78 is 86.0. The molecule has 0 aliphatic carbocycles. The fraction of sp³-hybridized carbons (Fsp3) is 0.480. The van der Waals surface area contributed by atoms with Gasteiger partial charge in [-0.15, -0.1) is 0 Å². The van der Waals surface area contributed by atoms with Crippen molar-refractivity contribution >= 4 is 28.1 Å². The maximum absolute atomic E-state index is 13.2. The molecule has 14 heteroatoms. The molecule has 2 atom stereocenters. The van der Waals surface area contributed by atoms with E-state index in [-0.39, 0.29) is 42.0 Å². The van der Waals surface area contributed by atoms with Crippen molar-refractivity contribution in [2.45, 2.75) is 50.2 Å². The van der Waals surface area contributed by atoms with Crippen molar-refractivity contribution in [1.29, 1.82) is 0 Å². The number of aldehydes is 1. The average molecular weight is 575 g/mol. The molecule has 4 heterocycles. The molecule has 212 valence electrons. The van der Waals surface area contributed by atoms with Gasteiger partial charge >= 0.3 is 12.8 Å². The van der Waals surface area contributed by atoms with E-state index in [1.54, 1.807) is 6.07 Å². The van der Waals surface area contributed by atoms with Gasteiger partial charge in [-0.2, -0.15) is 27.1 Å². The number of rotatable bonds is 6. The number of halogens is 5. The zero-order valence-electron chi connectivity index (χ0n) is 21.1. The number of fused-ring (bicyclic) bond motifs is 1. The summed E-state index contributed by atoms with van der Waals surface area (Å²) >= 11 is 0. The van der Waals surface area contributed by atoms with Gasteiger partial charge in [0.15, 0.2) is 12.4 Å². The predicted molar refractivity (Wildman–Crippen MR) is 134 cm³/mol. The fourth-order valence-corrected chi connectivity index (χ4v) is 6.06. The summed E-state index contributed by atoms with van der Waals surface area (Å²) in [5.74, 6) is 1.55. The van der Waals surface area contributed by atoms with E-state index in [2.05, 4.69) is 27.1 Å². The summed E-state index contributed by atoms with van der Waals surface area (Å²) in [6.45, 7) is -1.03. The Bertz CT molecular complexity index is 1340. The van der Waals surface area contributed by atoms with Crippen LogP contribution < -0.4 is 10.1 Å². The molecule has 39 heavy (non-hydrogen) atoms. The molecule has 2 aliphatic heterocycles. The van der Waals surface area contributed by atoms with E-state index in [0.717, 1.165) is 11.5 Å². The second kappa shape index (κ2) is 11.6. The van der Waals surface area contributed by atoms with Crippen molar-refractivity contribution in [2.75, 3.05) is 25.2 Å². The molecule has 0 bridgehead atoms. The number of pyridine rings is 1. The largest absolute Gasteiger partial charge is 0.435 e. The maximum atomic E-state index is 13.2. The molecule has 2 unspecified atom stereocenters. The van der Waals surface area contributed by atoms with E-state index >= 15 is 0 Å². The second-order valence-corrected chi connectivity index (χ2v) is 11.0. The minimum absolute atomic E-state index is 0.0945. The molecule has 5 rings (SSSR count). The van der Waals surface area contributed by atoms with Crippen molar-refractivity contribution in [3.8, 4) is 17.0 Å². The molecule has 2 aliphatic rings. The Morgan fingerprint density at radius 2 is 2.03 bits per heavy atom. The topological polar surface area (TPSA) is 95.3 Å². The van der Waals surface area contributed by atoms with Crippen LogP contribution in [0.15, 0.2) is 36.5 Å². The lowest BCUT2D eigenvalue weighted by Crippen LogP contribution is -2.58. The Hall–Kier alpha value is -2.97. The van der Waals surface area contributed by atoms with Gasteiger partial charge in [0.25, 0.3) is 0 Å². The van der Waals surface area contributed by atoms with Crippen molar-refractivity contribution in [2.24, 2.45) is 0 Å². The van der Waals surface area contributed by atoms with Gasteiger partial charge in [0.05, 0.1) is 11.6 Å². The third-order valence-corrected chi connectivity index (χ3v) is 8.48. The van der Waals surface area contributed by atoms with Crippen LogP contribution in [0.1, 0.15) is 36.2 Å². The van der Waals surface area contributed by atoms with Gasteiger partial charge in [-0.05, 0) is 38.6 Å². The molecule has 0 amide bonds. The third-order valence-electron chi connectivity index (χ3n) is 6.57. The number of alkyl halides is 5. The molecule has 3 aromatic rings. The van der Waals surface area contributed by atoms with E-state index in [9.17, 15) is 31.0 Å². The van der Waals surface area contributed by atoms with Gasteiger partial charge in [0.2, 0.25) is 0 Å². The summed E-state index contributed by atoms with van der Waals surface area (Å²) in [6, 6.07) is 6.62. The lowest BCUT2D eigenvalue weighted by Gasteiger charge is -2.36. The van der Waals surface area contributed by atoms with E-state index in [1.165, 1.54) is 35.1 Å². The smallest absolute Gasteiger partial charge is 0.414 e. The van der Waals surface area contributed by atoms with Crippen LogP contribution in [0, 0.1) is 0 Å². The zero-order valence-corrected chi connectivity index (χ0v) is 21.9. The lowest BCUT2D eigenvalue weighted by atomic mass is 10.0. The van der Waals surface area contributed by atoms with Crippen LogP contribution in [0.3, 0.4) is 0 Å². The molecule has 2 aromatic heterocycles. The first-order valence-corrected chi connectivity index (χ1v) is 13.5. The molecule has 8 nitrogen and oxygen atoms in total. The number of nitrogens with one attached hydrogen (secondary N) is 1. The zero-order chi connectivity index (χ0) is 28.4. The molecule has 0 saturated carbocycles. The van der Waals surface area contributed by atoms with Gasteiger partial charge < -0.3 is 14.8 Å². The number of hydrogen-bond acceptors (Lipinski definition) is 7. The van der Waals surface area contributed by atoms with Crippen LogP contribution in [0.4, 0.5) is 22.0 Å². The minimum Gasteiger partial charge on any atom is -0.435 e. The minimum atomic E-state index is -4.52. The van der Waals surface area contributed by atoms with Gasteiger partial charge in [-0.1, -0.05) is 12.1 Å². The summed E-state index contributed by atoms with van der Waals surface area (Å²) in [6.07, 6.45) is -4.63. The third kappa shape index (κ3) is 6.79. The standard InChI is InChI=1S/C20H16F5N3O3.C5H11NOS/c21-19(22)31-14-3-1-2-12(7-14)17-18-15(6-11(10-29)9-26-18)28(27-17)13-4-5-30-16(8-13)20(23,24)25;1-5(6-2)3-8(7)4-5/h1-3,6-7,9-10,13,16,19H,4-5,8H2;6H,3-4H2,1-2H3. The number of carbonyl (C=O) groups excluding carboxylic acids is 1. The molecule has 1 N–H and O–H groups in total. The Labute approximate surface area is 223 Å². The van der Waals surface area contributed by atoms with Crippen LogP contribution in [0.25, 0.3) is 22.3 Å². The van der Waals surface area contributed by atoms with Crippen molar-refractivity contribution in [3.05, 3.63) is 42.1 Å². The van der Waals surface area contributed by atoms with Gasteiger partial charge in [0, 0.05) is 58.2 Å². The molecule has 2 saturated heterocycles. The van der Waals surface area contributed by atoms with Crippen molar-refractivity contribution in [3.63, 3.8) is 0 Å². The van der Waals surface area contributed by atoms with Gasteiger partial charge in [-0.3, -0.25) is 18.7 Å². The van der Waals surface area contributed by atoms with E-state index < -0.39 is 35.7 Å².